The molecule has 0 saturated heterocycles. The molecule has 0 N–H and O–H groups in total. The molecule has 0 aliphatic carbocycles. The number of allylic oxidation sites excluding steroid dienone is 2. The van der Waals surface area contributed by atoms with Crippen LogP contribution in [0, 0.1) is 0 Å². The maximum Gasteiger partial charge on any atom is 0.120 e. The molecule has 0 unspecified atom stereocenters. The largest absolute Gasteiger partial charge is 0.303 e. The highest BCUT2D eigenvalue weighted by molar-refractivity contribution is 5.49. The molecule has 0 saturated carbocycles. The molecule has 0 rings (SSSR count). The molecule has 0 fully saturated rings. The van der Waals surface area contributed by atoms with Crippen molar-refractivity contribution in [3.05, 3.63) is 12.1 Å². The predicted molar refractivity (Wildman–Crippen MR) is 34.7 cm³/mol. The first-order valence-corrected chi connectivity index (χ1v) is 2.81. The average molecular weight is 114 g/mol. The molecule has 0 aromatic rings. The lowest BCUT2D eigenvalue weighted by atomic mass is 10.3. The lowest BCUT2D eigenvalue weighted by Gasteiger charge is -1.79. The second-order valence-electron chi connectivity index (χ2n) is 1.41. The quantitative estimate of drug-likeness (QED) is 0.403. The van der Waals surface area contributed by atoms with E-state index in [1.54, 1.807) is 0 Å². The van der Waals surface area contributed by atoms with Crippen LogP contribution in [0.1, 0.15) is 28.9 Å². The van der Waals surface area contributed by atoms with E-state index in [1.807, 2.05) is 6.92 Å². The Morgan fingerprint density at radius 2 is 2.25 bits per heavy atom. The minimum Gasteiger partial charge on any atom is -0.303 e. The maximum absolute atomic E-state index is 9.85. The fourth-order valence-electron chi connectivity index (χ4n) is 0.344. The van der Waals surface area contributed by atoms with Gasteiger partial charge in [0, 0.05) is 6.42 Å². The van der Waals surface area contributed by atoms with Gasteiger partial charge in [-0.1, -0.05) is 19.0 Å². The fraction of sp³-hybridized carbons (Fsp3) is 0.571. The lowest BCUT2D eigenvalue weighted by Crippen LogP contribution is -1.69. The monoisotopic (exact) mass is 114 g/mol. The van der Waals surface area contributed by atoms with Crippen LogP contribution in [-0.2, 0) is 4.79 Å². The first kappa shape index (κ1) is 4.30. The Balaban J connectivity index is 3.79. The van der Waals surface area contributed by atoms with Crippen molar-refractivity contribution in [3.8, 4) is 0 Å². The Kier molecular flexibility index (Phi) is 3.45. The molecule has 0 aromatic heterocycles. The number of carbonyl (C=O) groups is 1. The third-order valence-corrected chi connectivity index (χ3v) is 0.689. The van der Waals surface area contributed by atoms with Crippen molar-refractivity contribution < 1.29 is 7.54 Å². The molecule has 0 aromatic carbocycles. The van der Waals surface area contributed by atoms with Gasteiger partial charge in [0.25, 0.3) is 0 Å². The average Bonchev–Trinajstić information content (AvgIpc) is 1.98. The highest BCUT2D eigenvalue weighted by Gasteiger charge is 1.74. The first-order valence-electron chi connectivity index (χ1n) is 3.81. The van der Waals surface area contributed by atoms with E-state index in [4.69, 9.17) is 2.74 Å². The van der Waals surface area contributed by atoms with E-state index in [-0.39, 0.29) is 6.05 Å². The summed E-state index contributed by atoms with van der Waals surface area (Å²) >= 11 is 0. The van der Waals surface area contributed by atoms with E-state index in [1.165, 1.54) is 0 Å². The zero-order valence-corrected chi connectivity index (χ0v) is 5.11. The zero-order valence-electron chi connectivity index (χ0n) is 7.11. The maximum atomic E-state index is 9.85. The second-order valence-corrected chi connectivity index (χ2v) is 1.41. The van der Waals surface area contributed by atoms with Gasteiger partial charge in [-0.15, -0.1) is 0 Å². The van der Waals surface area contributed by atoms with Crippen LogP contribution in [0.4, 0.5) is 0 Å². The summed E-state index contributed by atoms with van der Waals surface area (Å²) in [5.74, 6) is 0. The van der Waals surface area contributed by atoms with E-state index in [2.05, 4.69) is 0 Å². The van der Waals surface area contributed by atoms with Crippen LogP contribution in [0.5, 0.6) is 0 Å². The van der Waals surface area contributed by atoms with E-state index < -0.39 is 0 Å². The third-order valence-electron chi connectivity index (χ3n) is 0.689. The molecule has 0 atom stereocenters. The molecular weight excluding hydrogens is 100 g/mol. The lowest BCUT2D eigenvalue weighted by molar-refractivity contribution is -0.107. The normalized spacial score (nSPS) is 16.1. The standard InChI is InChI=1S/C7H12O/c1-2-3-4-5-6-7-8/h3-4,7H,2,5-6H2,1H3/b4-3-/i3D,4D. The summed E-state index contributed by atoms with van der Waals surface area (Å²) in [7, 11) is 0. The van der Waals surface area contributed by atoms with Crippen LogP contribution in [0.3, 0.4) is 0 Å². The molecular formula is C7H12O. The number of hydrogen-bond donors (Lipinski definition) is 0. The first-order chi connectivity index (χ1) is 4.72. The van der Waals surface area contributed by atoms with Gasteiger partial charge >= 0.3 is 0 Å². The summed E-state index contributed by atoms with van der Waals surface area (Å²) < 4.78 is 14.4. The molecule has 0 spiro atoms. The van der Waals surface area contributed by atoms with Crippen LogP contribution in [0.2, 0.25) is 0 Å². The highest BCUT2D eigenvalue weighted by atomic mass is 16.1. The van der Waals surface area contributed by atoms with Crippen LogP contribution in [0.15, 0.2) is 12.1 Å². The van der Waals surface area contributed by atoms with Gasteiger partial charge in [0.2, 0.25) is 0 Å². The Labute approximate surface area is 53.2 Å². The van der Waals surface area contributed by atoms with Crippen molar-refractivity contribution in [2.24, 2.45) is 0 Å². The van der Waals surface area contributed by atoms with Crippen molar-refractivity contribution in [2.75, 3.05) is 0 Å². The molecule has 0 aliphatic heterocycles. The second kappa shape index (κ2) is 6.41. The van der Waals surface area contributed by atoms with Gasteiger partial charge in [-0.05, 0) is 12.8 Å². The van der Waals surface area contributed by atoms with Crippen LogP contribution >= 0.6 is 0 Å². The molecule has 46 valence electrons. The van der Waals surface area contributed by atoms with Gasteiger partial charge in [-0.25, -0.2) is 0 Å². The van der Waals surface area contributed by atoms with Crippen molar-refractivity contribution in [1.29, 1.82) is 0 Å². The topological polar surface area (TPSA) is 17.1 Å². The van der Waals surface area contributed by atoms with Gasteiger partial charge in [0.1, 0.15) is 6.29 Å². The fourth-order valence-corrected chi connectivity index (χ4v) is 0.344. The Hall–Kier alpha value is -0.590. The molecule has 0 bridgehead atoms. The number of hydrogen-bond acceptors (Lipinski definition) is 1. The van der Waals surface area contributed by atoms with E-state index in [0.29, 0.717) is 25.3 Å². The molecule has 8 heavy (non-hydrogen) atoms. The molecule has 0 radical (unpaired) electrons. The van der Waals surface area contributed by atoms with Gasteiger partial charge in [-0.2, -0.15) is 0 Å². The minimum atomic E-state index is 0.287. The summed E-state index contributed by atoms with van der Waals surface area (Å²) in [5.41, 5.74) is 0. The van der Waals surface area contributed by atoms with Crippen LogP contribution < -0.4 is 0 Å². The smallest absolute Gasteiger partial charge is 0.120 e. The van der Waals surface area contributed by atoms with E-state index in [0.717, 1.165) is 6.29 Å². The molecule has 1 nitrogen and oxygen atoms in total. The zero-order chi connectivity index (χ0) is 7.98. The third kappa shape index (κ3) is 5.41. The van der Waals surface area contributed by atoms with Gasteiger partial charge < -0.3 is 4.79 Å². The van der Waals surface area contributed by atoms with Crippen molar-refractivity contribution in [1.82, 2.24) is 0 Å². The summed E-state index contributed by atoms with van der Waals surface area (Å²) in [5, 5.41) is 0. The van der Waals surface area contributed by atoms with Crippen LogP contribution in [0.25, 0.3) is 0 Å². The minimum absolute atomic E-state index is 0.287. The van der Waals surface area contributed by atoms with Gasteiger partial charge in [-0.3, -0.25) is 0 Å². The molecule has 0 heterocycles. The number of carbonyl (C=O) groups excluding carboxylic acids is 1. The molecule has 1 heteroatoms. The number of aldehydes is 1. The Bertz CT molecular complexity index is 141. The molecule has 0 aliphatic rings. The predicted octanol–water partition coefficient (Wildman–Crippen LogP) is 1.93. The van der Waals surface area contributed by atoms with E-state index >= 15 is 0 Å². The Morgan fingerprint density at radius 3 is 2.75 bits per heavy atom. The summed E-state index contributed by atoms with van der Waals surface area (Å²) in [6.45, 7) is 1.83. The molecule has 0 amide bonds. The number of rotatable bonds is 4. The van der Waals surface area contributed by atoms with Crippen molar-refractivity contribution in [2.45, 2.75) is 26.2 Å². The van der Waals surface area contributed by atoms with Gasteiger partial charge in [0.05, 0.1) is 2.74 Å². The van der Waals surface area contributed by atoms with Crippen LogP contribution in [-0.4, -0.2) is 6.29 Å². The van der Waals surface area contributed by atoms with Crippen molar-refractivity contribution in [3.63, 3.8) is 0 Å². The summed E-state index contributed by atoms with van der Waals surface area (Å²) in [4.78, 5) is 9.85. The summed E-state index contributed by atoms with van der Waals surface area (Å²) in [6, 6.07) is 0.622. The van der Waals surface area contributed by atoms with Crippen molar-refractivity contribution >= 4 is 6.29 Å². The van der Waals surface area contributed by atoms with Gasteiger partial charge in [0.15, 0.2) is 0 Å². The SMILES string of the molecule is [2H]/C(CC)=C(\[2H])CCC=O. The van der Waals surface area contributed by atoms with E-state index in [9.17, 15) is 4.79 Å². The summed E-state index contributed by atoms with van der Waals surface area (Å²) in [6.07, 6.45) is 2.13. The highest BCUT2D eigenvalue weighted by Crippen LogP contribution is 1.87. The Morgan fingerprint density at radius 1 is 1.50 bits per heavy atom.